The summed E-state index contributed by atoms with van der Waals surface area (Å²) < 4.78 is 0. The van der Waals surface area contributed by atoms with E-state index in [0.717, 1.165) is 16.9 Å². The second-order valence-corrected chi connectivity index (χ2v) is 5.43. The van der Waals surface area contributed by atoms with Crippen LogP contribution in [0.3, 0.4) is 0 Å². The molecule has 1 N–H and O–H groups in total. The predicted molar refractivity (Wildman–Crippen MR) is 95.7 cm³/mol. The number of carbonyl (C=O) groups is 1. The molecule has 5 nitrogen and oxygen atoms in total. The number of para-hydroxylation sites is 2. The van der Waals surface area contributed by atoms with Gasteiger partial charge in [0.15, 0.2) is 0 Å². The van der Waals surface area contributed by atoms with E-state index in [1.54, 1.807) is 18.0 Å². The third-order valence-corrected chi connectivity index (χ3v) is 3.74. The maximum absolute atomic E-state index is 12.6. The van der Waals surface area contributed by atoms with Gasteiger partial charge in [0.25, 0.3) is 5.91 Å². The molecule has 0 aliphatic heterocycles. The molecule has 120 valence electrons. The molecule has 0 atom stereocenters. The van der Waals surface area contributed by atoms with Crippen LogP contribution in [-0.2, 0) is 0 Å². The normalized spacial score (nSPS) is 10.2. The number of nitrogens with zero attached hydrogens (tertiary/aromatic N) is 3. The van der Waals surface area contributed by atoms with Crippen molar-refractivity contribution in [1.29, 1.82) is 0 Å². The van der Waals surface area contributed by atoms with Crippen LogP contribution in [0.15, 0.2) is 67.0 Å². The summed E-state index contributed by atoms with van der Waals surface area (Å²) >= 11 is 0. The fraction of sp³-hybridized carbons (Fsp3) is 0.105. The second-order valence-electron chi connectivity index (χ2n) is 5.43. The Labute approximate surface area is 141 Å². The molecule has 3 aromatic rings. The van der Waals surface area contributed by atoms with Gasteiger partial charge in [-0.15, -0.1) is 0 Å². The zero-order valence-electron chi connectivity index (χ0n) is 13.6. The molecule has 2 aromatic carbocycles. The summed E-state index contributed by atoms with van der Waals surface area (Å²) in [5.41, 5.74) is 3.21. The van der Waals surface area contributed by atoms with E-state index >= 15 is 0 Å². The maximum atomic E-state index is 12.6. The van der Waals surface area contributed by atoms with E-state index < -0.39 is 0 Å². The van der Waals surface area contributed by atoms with Crippen molar-refractivity contribution in [2.24, 2.45) is 0 Å². The SMILES string of the molecule is Cc1ccccc1Nc1cc(C(=O)N(C)c2ccccc2)ncn1. The molecule has 0 saturated heterocycles. The van der Waals surface area contributed by atoms with Crippen molar-refractivity contribution in [2.75, 3.05) is 17.3 Å². The molecule has 0 fully saturated rings. The number of amides is 1. The Hall–Kier alpha value is -3.21. The molecule has 1 heterocycles. The van der Waals surface area contributed by atoms with Crippen LogP contribution < -0.4 is 10.2 Å². The second kappa shape index (κ2) is 6.91. The zero-order chi connectivity index (χ0) is 16.9. The Morgan fingerprint density at radius 3 is 2.46 bits per heavy atom. The van der Waals surface area contributed by atoms with Gasteiger partial charge < -0.3 is 10.2 Å². The lowest BCUT2D eigenvalue weighted by atomic mass is 10.2. The summed E-state index contributed by atoms with van der Waals surface area (Å²) in [7, 11) is 1.73. The predicted octanol–water partition coefficient (Wildman–Crippen LogP) is 3.81. The zero-order valence-corrected chi connectivity index (χ0v) is 13.6. The first-order chi connectivity index (χ1) is 11.6. The fourth-order valence-electron chi connectivity index (χ4n) is 2.33. The number of benzene rings is 2. The summed E-state index contributed by atoms with van der Waals surface area (Å²) in [4.78, 5) is 22.5. The number of anilines is 3. The molecule has 3 rings (SSSR count). The van der Waals surface area contributed by atoms with E-state index in [9.17, 15) is 4.79 Å². The topological polar surface area (TPSA) is 58.1 Å². The quantitative estimate of drug-likeness (QED) is 0.795. The molecular formula is C19H18N4O. The lowest BCUT2D eigenvalue weighted by Gasteiger charge is -2.17. The number of hydrogen-bond donors (Lipinski definition) is 1. The molecule has 1 amide bonds. The van der Waals surface area contributed by atoms with Gasteiger partial charge in [-0.3, -0.25) is 4.79 Å². The maximum Gasteiger partial charge on any atom is 0.276 e. The summed E-state index contributed by atoms with van der Waals surface area (Å²) in [6.07, 6.45) is 1.40. The standard InChI is InChI=1S/C19H18N4O/c1-14-8-6-7-11-16(14)22-18-12-17(20-13-21-18)19(24)23(2)15-9-4-3-5-10-15/h3-13H,1-2H3,(H,20,21,22). The number of aryl methyl sites for hydroxylation is 1. The number of hydrogen-bond acceptors (Lipinski definition) is 4. The number of rotatable bonds is 4. The van der Waals surface area contributed by atoms with Crippen molar-refractivity contribution in [3.05, 3.63) is 78.2 Å². The lowest BCUT2D eigenvalue weighted by Crippen LogP contribution is -2.27. The molecule has 1 aromatic heterocycles. The first-order valence-corrected chi connectivity index (χ1v) is 7.63. The van der Waals surface area contributed by atoms with Crippen LogP contribution in [0.4, 0.5) is 17.2 Å². The van der Waals surface area contributed by atoms with Gasteiger partial charge in [0.05, 0.1) is 0 Å². The van der Waals surface area contributed by atoms with Crippen LogP contribution in [-0.4, -0.2) is 22.9 Å². The molecule has 24 heavy (non-hydrogen) atoms. The van der Waals surface area contributed by atoms with Crippen LogP contribution in [0.2, 0.25) is 0 Å². The summed E-state index contributed by atoms with van der Waals surface area (Å²) in [5, 5.41) is 3.22. The van der Waals surface area contributed by atoms with Gasteiger partial charge >= 0.3 is 0 Å². The van der Waals surface area contributed by atoms with Crippen molar-refractivity contribution < 1.29 is 4.79 Å². The van der Waals surface area contributed by atoms with Gasteiger partial charge in [0.1, 0.15) is 17.8 Å². The Balaban J connectivity index is 1.82. The van der Waals surface area contributed by atoms with Gasteiger partial charge in [-0.25, -0.2) is 9.97 Å². The lowest BCUT2D eigenvalue weighted by molar-refractivity contribution is 0.0988. The Morgan fingerprint density at radius 1 is 1.00 bits per heavy atom. The van der Waals surface area contributed by atoms with Crippen LogP contribution in [0.1, 0.15) is 16.1 Å². The first-order valence-electron chi connectivity index (χ1n) is 7.63. The average molecular weight is 318 g/mol. The molecule has 5 heteroatoms. The molecule has 0 spiro atoms. The van der Waals surface area contributed by atoms with Gasteiger partial charge in [-0.1, -0.05) is 36.4 Å². The Morgan fingerprint density at radius 2 is 1.71 bits per heavy atom. The van der Waals surface area contributed by atoms with Crippen LogP contribution in [0.5, 0.6) is 0 Å². The highest BCUT2D eigenvalue weighted by molar-refractivity contribution is 6.04. The van der Waals surface area contributed by atoms with E-state index in [1.807, 2.05) is 61.5 Å². The first kappa shape index (κ1) is 15.7. The van der Waals surface area contributed by atoms with Gasteiger partial charge in [0.2, 0.25) is 0 Å². The average Bonchev–Trinajstić information content (AvgIpc) is 2.63. The molecule has 0 bridgehead atoms. The third-order valence-electron chi connectivity index (χ3n) is 3.74. The van der Waals surface area contributed by atoms with Gasteiger partial charge in [0, 0.05) is 24.5 Å². The molecule has 0 saturated carbocycles. The summed E-state index contributed by atoms with van der Waals surface area (Å²) in [6.45, 7) is 2.01. The number of carbonyl (C=O) groups excluding carboxylic acids is 1. The minimum absolute atomic E-state index is 0.184. The van der Waals surface area contributed by atoms with E-state index in [2.05, 4.69) is 15.3 Å². The Bertz CT molecular complexity index is 849. The van der Waals surface area contributed by atoms with Crippen LogP contribution >= 0.6 is 0 Å². The van der Waals surface area contributed by atoms with E-state index in [1.165, 1.54) is 6.33 Å². The van der Waals surface area contributed by atoms with Crippen molar-refractivity contribution in [3.63, 3.8) is 0 Å². The summed E-state index contributed by atoms with van der Waals surface area (Å²) in [6, 6.07) is 19.0. The minimum atomic E-state index is -0.184. The number of aromatic nitrogens is 2. The third kappa shape index (κ3) is 3.41. The fourth-order valence-corrected chi connectivity index (χ4v) is 2.33. The molecule has 0 radical (unpaired) electrons. The van der Waals surface area contributed by atoms with E-state index in [4.69, 9.17) is 0 Å². The van der Waals surface area contributed by atoms with Gasteiger partial charge in [-0.2, -0.15) is 0 Å². The van der Waals surface area contributed by atoms with Crippen molar-refractivity contribution >= 4 is 23.1 Å². The Kier molecular flexibility index (Phi) is 4.52. The van der Waals surface area contributed by atoms with Gasteiger partial charge in [-0.05, 0) is 30.7 Å². The smallest absolute Gasteiger partial charge is 0.276 e. The van der Waals surface area contributed by atoms with E-state index in [-0.39, 0.29) is 5.91 Å². The van der Waals surface area contributed by atoms with Crippen molar-refractivity contribution in [3.8, 4) is 0 Å². The van der Waals surface area contributed by atoms with Crippen LogP contribution in [0.25, 0.3) is 0 Å². The largest absolute Gasteiger partial charge is 0.340 e. The minimum Gasteiger partial charge on any atom is -0.340 e. The highest BCUT2D eigenvalue weighted by atomic mass is 16.2. The van der Waals surface area contributed by atoms with Crippen LogP contribution in [0, 0.1) is 6.92 Å². The van der Waals surface area contributed by atoms with Crippen molar-refractivity contribution in [2.45, 2.75) is 6.92 Å². The molecule has 0 aliphatic rings. The molecule has 0 aliphatic carbocycles. The molecular weight excluding hydrogens is 300 g/mol. The van der Waals surface area contributed by atoms with Crippen molar-refractivity contribution in [1.82, 2.24) is 9.97 Å². The van der Waals surface area contributed by atoms with E-state index in [0.29, 0.717) is 11.5 Å². The molecule has 0 unspecified atom stereocenters. The summed E-state index contributed by atoms with van der Waals surface area (Å²) in [5.74, 6) is 0.403. The highest BCUT2D eigenvalue weighted by Crippen LogP contribution is 2.19. The highest BCUT2D eigenvalue weighted by Gasteiger charge is 2.15. The monoisotopic (exact) mass is 318 g/mol. The number of nitrogens with one attached hydrogen (secondary N) is 1.